The lowest BCUT2D eigenvalue weighted by atomic mass is 9.37. The standard InChI is InChI=1S/C28H34O6/c1-15(29)34-20-13-18-25(2,3)19(30)8-11-26(18,4)17-7-10-27(5)21(16-9-12-33-14-16)22(31)23(32)24(27)28(17,20)6/h8-9,11-12,14,17-18,20,24,31H,7,10,13H2,1-6H3/t17-,18+,20-,24-,26-,27+,28+/m1/s1. The van der Waals surface area contributed by atoms with Crippen molar-refractivity contribution in [2.75, 3.05) is 0 Å². The minimum atomic E-state index is -0.721. The number of carbonyl (C=O) groups is 3. The van der Waals surface area contributed by atoms with Gasteiger partial charge in [-0.25, -0.2) is 0 Å². The quantitative estimate of drug-likeness (QED) is 0.595. The number of Topliss-reactive ketones (excluding diaryl/α,β-unsaturated/α-hetero) is 1. The molecule has 4 aliphatic rings. The Morgan fingerprint density at radius 1 is 1.15 bits per heavy atom. The van der Waals surface area contributed by atoms with Crippen LogP contribution in [0.25, 0.3) is 5.57 Å². The number of fused-ring (bicyclic) bond motifs is 5. The molecule has 0 bridgehead atoms. The summed E-state index contributed by atoms with van der Waals surface area (Å²) in [5.41, 5.74) is -0.960. The van der Waals surface area contributed by atoms with Gasteiger partial charge in [0.1, 0.15) is 6.10 Å². The third-order valence-electron chi connectivity index (χ3n) is 10.1. The molecule has 4 aliphatic carbocycles. The van der Waals surface area contributed by atoms with Crippen molar-refractivity contribution in [3.05, 3.63) is 42.1 Å². The molecular formula is C28H34O6. The van der Waals surface area contributed by atoms with E-state index < -0.39 is 34.2 Å². The molecule has 0 aromatic carbocycles. The molecule has 6 nitrogen and oxygen atoms in total. The molecule has 0 amide bonds. The molecule has 1 aromatic rings. The van der Waals surface area contributed by atoms with Crippen molar-refractivity contribution >= 4 is 23.1 Å². The van der Waals surface area contributed by atoms with E-state index in [0.29, 0.717) is 24.0 Å². The maximum absolute atomic E-state index is 13.8. The number of aliphatic hydroxyl groups excluding tert-OH is 1. The Morgan fingerprint density at radius 3 is 2.47 bits per heavy atom. The van der Waals surface area contributed by atoms with Gasteiger partial charge in [0.2, 0.25) is 5.78 Å². The molecule has 5 rings (SSSR count). The summed E-state index contributed by atoms with van der Waals surface area (Å²) in [5.74, 6) is -1.41. The molecule has 1 N–H and O–H groups in total. The van der Waals surface area contributed by atoms with Crippen molar-refractivity contribution in [2.45, 2.75) is 66.9 Å². The average molecular weight is 467 g/mol. The zero-order valence-electron chi connectivity index (χ0n) is 20.8. The molecule has 2 saturated carbocycles. The SMILES string of the molecule is CC(=O)O[C@@H]1C[C@H]2C(C)(C)C(=O)C=C[C@]2(C)[C@H]2CC[C@@]3(C)C(c4ccoc4)=C(O)C(=O)[C@H]3[C@@]21C. The van der Waals surface area contributed by atoms with Crippen molar-refractivity contribution in [3.8, 4) is 0 Å². The fraction of sp³-hybridized carbons (Fsp3) is 0.607. The Labute approximate surface area is 200 Å². The van der Waals surface area contributed by atoms with Crippen LogP contribution in [0.2, 0.25) is 0 Å². The lowest BCUT2D eigenvalue weighted by Gasteiger charge is -2.67. The first-order valence-corrected chi connectivity index (χ1v) is 12.2. The fourth-order valence-electron chi connectivity index (χ4n) is 8.71. The van der Waals surface area contributed by atoms with E-state index in [-0.39, 0.29) is 34.6 Å². The van der Waals surface area contributed by atoms with Gasteiger partial charge in [-0.05, 0) is 48.7 Å². The van der Waals surface area contributed by atoms with Crippen LogP contribution in [0.1, 0.15) is 66.4 Å². The largest absolute Gasteiger partial charge is 0.504 e. The van der Waals surface area contributed by atoms with E-state index in [0.717, 1.165) is 6.42 Å². The summed E-state index contributed by atoms with van der Waals surface area (Å²) in [6.07, 6.45) is 8.30. The van der Waals surface area contributed by atoms with Crippen molar-refractivity contribution < 1.29 is 28.6 Å². The number of rotatable bonds is 2. The highest BCUT2D eigenvalue weighted by Crippen LogP contribution is 2.73. The van der Waals surface area contributed by atoms with Crippen LogP contribution < -0.4 is 0 Å². The second-order valence-corrected chi connectivity index (χ2v) is 12.1. The number of furan rings is 1. The summed E-state index contributed by atoms with van der Waals surface area (Å²) in [4.78, 5) is 39.0. The summed E-state index contributed by atoms with van der Waals surface area (Å²) in [7, 11) is 0. The van der Waals surface area contributed by atoms with Crippen molar-refractivity contribution in [2.24, 2.45) is 39.4 Å². The first kappa shape index (κ1) is 23.1. The molecule has 0 aliphatic heterocycles. The fourth-order valence-corrected chi connectivity index (χ4v) is 8.71. The molecule has 34 heavy (non-hydrogen) atoms. The molecule has 182 valence electrons. The van der Waals surface area contributed by atoms with E-state index in [9.17, 15) is 19.5 Å². The van der Waals surface area contributed by atoms with Gasteiger partial charge >= 0.3 is 5.97 Å². The highest BCUT2D eigenvalue weighted by atomic mass is 16.5. The second-order valence-electron chi connectivity index (χ2n) is 12.1. The van der Waals surface area contributed by atoms with Gasteiger partial charge in [0.05, 0.1) is 12.5 Å². The summed E-state index contributed by atoms with van der Waals surface area (Å²) < 4.78 is 11.3. The van der Waals surface area contributed by atoms with E-state index in [1.54, 1.807) is 24.7 Å². The Hall–Kier alpha value is -2.63. The van der Waals surface area contributed by atoms with Crippen LogP contribution in [0.3, 0.4) is 0 Å². The molecular weight excluding hydrogens is 432 g/mol. The van der Waals surface area contributed by atoms with Crippen LogP contribution in [-0.4, -0.2) is 28.7 Å². The first-order valence-electron chi connectivity index (χ1n) is 12.2. The van der Waals surface area contributed by atoms with Gasteiger partial charge in [-0.2, -0.15) is 0 Å². The smallest absolute Gasteiger partial charge is 0.302 e. The van der Waals surface area contributed by atoms with Crippen LogP contribution in [0.15, 0.2) is 40.9 Å². The molecule has 0 spiro atoms. The predicted octanol–water partition coefficient (Wildman–Crippen LogP) is 5.29. The number of carbonyl (C=O) groups excluding carboxylic acids is 3. The molecule has 0 radical (unpaired) electrons. The van der Waals surface area contributed by atoms with E-state index >= 15 is 0 Å². The van der Waals surface area contributed by atoms with Crippen LogP contribution >= 0.6 is 0 Å². The van der Waals surface area contributed by atoms with Gasteiger partial charge in [0.25, 0.3) is 0 Å². The monoisotopic (exact) mass is 466 g/mol. The van der Waals surface area contributed by atoms with Crippen LogP contribution in [0.4, 0.5) is 0 Å². The number of hydrogen-bond donors (Lipinski definition) is 1. The Balaban J connectivity index is 1.70. The van der Waals surface area contributed by atoms with Crippen molar-refractivity contribution in [1.29, 1.82) is 0 Å². The molecule has 7 atom stereocenters. The average Bonchev–Trinajstić information content (AvgIpc) is 3.32. The zero-order valence-corrected chi connectivity index (χ0v) is 20.8. The minimum absolute atomic E-state index is 0.00903. The van der Waals surface area contributed by atoms with Crippen LogP contribution in [0, 0.1) is 39.4 Å². The number of esters is 1. The number of ketones is 2. The minimum Gasteiger partial charge on any atom is -0.504 e. The topological polar surface area (TPSA) is 93.8 Å². The van der Waals surface area contributed by atoms with E-state index in [1.807, 2.05) is 26.8 Å². The number of allylic oxidation sites excluding steroid dienone is 4. The van der Waals surface area contributed by atoms with Gasteiger partial charge in [-0.3, -0.25) is 14.4 Å². The van der Waals surface area contributed by atoms with Crippen molar-refractivity contribution in [1.82, 2.24) is 0 Å². The number of ether oxygens (including phenoxy) is 1. The molecule has 1 heterocycles. The summed E-state index contributed by atoms with van der Waals surface area (Å²) in [6.45, 7) is 11.7. The molecule has 2 fully saturated rings. The Morgan fingerprint density at radius 2 is 1.85 bits per heavy atom. The summed E-state index contributed by atoms with van der Waals surface area (Å²) in [5, 5.41) is 11.1. The third-order valence-corrected chi connectivity index (χ3v) is 10.1. The van der Waals surface area contributed by atoms with Gasteiger partial charge in [0.15, 0.2) is 11.5 Å². The van der Waals surface area contributed by atoms with Gasteiger partial charge in [-0.15, -0.1) is 0 Å². The van der Waals surface area contributed by atoms with Gasteiger partial charge < -0.3 is 14.3 Å². The summed E-state index contributed by atoms with van der Waals surface area (Å²) >= 11 is 0. The second kappa shape index (κ2) is 6.96. The molecule has 0 saturated heterocycles. The predicted molar refractivity (Wildman–Crippen MR) is 125 cm³/mol. The van der Waals surface area contributed by atoms with Crippen molar-refractivity contribution in [3.63, 3.8) is 0 Å². The van der Waals surface area contributed by atoms with E-state index in [2.05, 4.69) is 13.8 Å². The van der Waals surface area contributed by atoms with Crippen LogP contribution in [-0.2, 0) is 19.1 Å². The highest BCUT2D eigenvalue weighted by Gasteiger charge is 2.72. The van der Waals surface area contributed by atoms with Crippen LogP contribution in [0.5, 0.6) is 0 Å². The van der Waals surface area contributed by atoms with Gasteiger partial charge in [-0.1, -0.05) is 40.7 Å². The molecule has 0 unspecified atom stereocenters. The number of hydrogen-bond acceptors (Lipinski definition) is 6. The lowest BCUT2D eigenvalue weighted by Crippen LogP contribution is -2.67. The molecule has 1 aromatic heterocycles. The molecule has 6 heteroatoms. The zero-order chi connectivity index (χ0) is 24.8. The maximum atomic E-state index is 13.8. The van der Waals surface area contributed by atoms with E-state index in [1.165, 1.54) is 6.92 Å². The number of aliphatic hydroxyl groups is 1. The highest BCUT2D eigenvalue weighted by molar-refractivity contribution is 6.09. The first-order chi connectivity index (χ1) is 15.8. The summed E-state index contributed by atoms with van der Waals surface area (Å²) in [6, 6.07) is 1.78. The normalized spacial score (nSPS) is 42.8. The van der Waals surface area contributed by atoms with Gasteiger partial charge in [0, 0.05) is 40.2 Å². The third kappa shape index (κ3) is 2.65. The van der Waals surface area contributed by atoms with E-state index in [4.69, 9.17) is 9.15 Å². The maximum Gasteiger partial charge on any atom is 0.302 e. The lowest BCUT2D eigenvalue weighted by molar-refractivity contribution is -0.217. The Bertz CT molecular complexity index is 1140. The Kier molecular flexibility index (Phi) is 4.73.